The summed E-state index contributed by atoms with van der Waals surface area (Å²) in [6, 6.07) is 16.9. The van der Waals surface area contributed by atoms with Crippen LogP contribution in [0, 0.1) is 13.8 Å². The van der Waals surface area contributed by atoms with E-state index in [1.165, 1.54) is 5.56 Å². The number of rotatable bonds is 7. The van der Waals surface area contributed by atoms with Crippen molar-refractivity contribution < 1.29 is 9.47 Å². The van der Waals surface area contributed by atoms with Gasteiger partial charge >= 0.3 is 0 Å². The number of benzene rings is 3. The number of halogens is 2. The van der Waals surface area contributed by atoms with Gasteiger partial charge in [-0.2, -0.15) is 5.10 Å². The van der Waals surface area contributed by atoms with Gasteiger partial charge in [0, 0.05) is 21.3 Å². The predicted octanol–water partition coefficient (Wildman–Crippen LogP) is 6.52. The fraction of sp³-hybridized carbons (Fsp3) is 0.167. The molecule has 8 heteroatoms. The monoisotopic (exact) mass is 487 g/mol. The van der Waals surface area contributed by atoms with E-state index >= 15 is 0 Å². The van der Waals surface area contributed by atoms with E-state index in [1.54, 1.807) is 25.5 Å². The number of methoxy groups -OCH3 is 1. The average molecular weight is 488 g/mol. The lowest BCUT2D eigenvalue weighted by Gasteiger charge is -2.12. The highest BCUT2D eigenvalue weighted by molar-refractivity contribution is 7.80. The van der Waals surface area contributed by atoms with Gasteiger partial charge < -0.3 is 14.8 Å². The van der Waals surface area contributed by atoms with E-state index < -0.39 is 0 Å². The molecule has 166 valence electrons. The number of aryl methyl sites for hydroxylation is 2. The highest BCUT2D eigenvalue weighted by Gasteiger charge is 2.08. The summed E-state index contributed by atoms with van der Waals surface area (Å²) >= 11 is 17.5. The van der Waals surface area contributed by atoms with Crippen molar-refractivity contribution in [2.45, 2.75) is 20.5 Å². The summed E-state index contributed by atoms with van der Waals surface area (Å²) in [5.41, 5.74) is 7.72. The Bertz CT molecular complexity index is 1150. The second-order valence-electron chi connectivity index (χ2n) is 7.08. The van der Waals surface area contributed by atoms with Gasteiger partial charge in [-0.15, -0.1) is 0 Å². The van der Waals surface area contributed by atoms with Crippen molar-refractivity contribution >= 4 is 52.4 Å². The second-order valence-corrected chi connectivity index (χ2v) is 8.33. The molecule has 3 rings (SSSR count). The third-order valence-electron chi connectivity index (χ3n) is 4.60. The first kappa shape index (κ1) is 23.9. The zero-order valence-corrected chi connectivity index (χ0v) is 20.2. The molecule has 2 N–H and O–H groups in total. The van der Waals surface area contributed by atoms with Crippen LogP contribution in [0.3, 0.4) is 0 Å². The molecule has 0 aliphatic rings. The molecule has 0 aliphatic heterocycles. The van der Waals surface area contributed by atoms with E-state index in [0.29, 0.717) is 33.3 Å². The maximum Gasteiger partial charge on any atom is 0.191 e. The van der Waals surface area contributed by atoms with Crippen molar-refractivity contribution in [1.82, 2.24) is 5.43 Å². The van der Waals surface area contributed by atoms with Crippen molar-refractivity contribution in [1.29, 1.82) is 0 Å². The van der Waals surface area contributed by atoms with Crippen LogP contribution in [0.15, 0.2) is 59.7 Å². The molecule has 0 saturated heterocycles. The molecule has 5 nitrogen and oxygen atoms in total. The van der Waals surface area contributed by atoms with Crippen LogP contribution in [0.25, 0.3) is 0 Å². The van der Waals surface area contributed by atoms with Crippen molar-refractivity contribution in [3.05, 3.63) is 86.9 Å². The molecule has 0 radical (unpaired) electrons. The topological polar surface area (TPSA) is 54.9 Å². The average Bonchev–Trinajstić information content (AvgIpc) is 2.75. The number of anilines is 1. The second kappa shape index (κ2) is 11.2. The van der Waals surface area contributed by atoms with Gasteiger partial charge in [0.05, 0.1) is 13.3 Å². The molecule has 0 aliphatic carbocycles. The third kappa shape index (κ3) is 6.60. The van der Waals surface area contributed by atoms with E-state index in [9.17, 15) is 0 Å². The van der Waals surface area contributed by atoms with Crippen LogP contribution >= 0.6 is 35.4 Å². The van der Waals surface area contributed by atoms with Gasteiger partial charge in [0.25, 0.3) is 0 Å². The molecular weight excluding hydrogens is 465 g/mol. The zero-order valence-electron chi connectivity index (χ0n) is 17.9. The van der Waals surface area contributed by atoms with Crippen molar-refractivity contribution in [2.24, 2.45) is 5.10 Å². The van der Waals surface area contributed by atoms with E-state index in [0.717, 1.165) is 22.4 Å². The van der Waals surface area contributed by atoms with Crippen LogP contribution in [0.4, 0.5) is 5.69 Å². The molecule has 0 amide bonds. The van der Waals surface area contributed by atoms with Gasteiger partial charge in [-0.3, -0.25) is 5.43 Å². The summed E-state index contributed by atoms with van der Waals surface area (Å²) in [6.45, 7) is 4.37. The standard InChI is InChI=1S/C24H23Cl2N3O2S/c1-15-4-8-21(16(2)10-15)28-24(32)29-27-13-17-5-9-22(23(11-17)30-3)31-14-18-6-7-19(25)12-20(18)26/h4-13H,14H2,1-3H3,(H2,28,29,32). The lowest BCUT2D eigenvalue weighted by Crippen LogP contribution is -2.24. The lowest BCUT2D eigenvalue weighted by atomic mass is 10.1. The molecule has 0 heterocycles. The van der Waals surface area contributed by atoms with Gasteiger partial charge in [-0.25, -0.2) is 0 Å². The van der Waals surface area contributed by atoms with Crippen LogP contribution in [0.1, 0.15) is 22.3 Å². The summed E-state index contributed by atoms with van der Waals surface area (Å²) in [4.78, 5) is 0. The molecular formula is C24H23Cl2N3O2S. The van der Waals surface area contributed by atoms with Crippen LogP contribution in [-0.4, -0.2) is 18.4 Å². The Balaban J connectivity index is 1.59. The van der Waals surface area contributed by atoms with Crippen LogP contribution in [-0.2, 0) is 6.61 Å². The first-order valence-electron chi connectivity index (χ1n) is 9.78. The molecule has 0 unspecified atom stereocenters. The number of hydrogen-bond acceptors (Lipinski definition) is 4. The fourth-order valence-corrected chi connectivity index (χ4v) is 3.57. The molecule has 0 atom stereocenters. The van der Waals surface area contributed by atoms with Crippen molar-refractivity contribution in [3.8, 4) is 11.5 Å². The lowest BCUT2D eigenvalue weighted by molar-refractivity contribution is 0.284. The summed E-state index contributed by atoms with van der Waals surface area (Å²) in [7, 11) is 1.58. The molecule has 3 aromatic rings. The van der Waals surface area contributed by atoms with Gasteiger partial charge in [0.2, 0.25) is 0 Å². The van der Waals surface area contributed by atoms with Crippen molar-refractivity contribution in [3.63, 3.8) is 0 Å². The van der Waals surface area contributed by atoms with Crippen LogP contribution in [0.2, 0.25) is 10.0 Å². The summed E-state index contributed by atoms with van der Waals surface area (Å²) in [5, 5.41) is 8.87. The normalized spacial score (nSPS) is 10.8. The third-order valence-corrected chi connectivity index (χ3v) is 5.38. The van der Waals surface area contributed by atoms with Crippen molar-refractivity contribution in [2.75, 3.05) is 12.4 Å². The summed E-state index contributed by atoms with van der Waals surface area (Å²) < 4.78 is 11.3. The molecule has 0 fully saturated rings. The molecule has 32 heavy (non-hydrogen) atoms. The summed E-state index contributed by atoms with van der Waals surface area (Å²) in [5.74, 6) is 1.17. The molecule has 0 bridgehead atoms. The van der Waals surface area contributed by atoms with E-state index in [1.807, 2.05) is 43.3 Å². The molecule has 0 aromatic heterocycles. The Labute approximate surface area is 203 Å². The number of hydrazone groups is 1. The first-order valence-corrected chi connectivity index (χ1v) is 10.9. The number of ether oxygens (including phenoxy) is 2. The Morgan fingerprint density at radius 2 is 1.84 bits per heavy atom. The van der Waals surface area contributed by atoms with E-state index in [-0.39, 0.29) is 0 Å². The quantitative estimate of drug-likeness (QED) is 0.225. The minimum absolute atomic E-state index is 0.291. The number of hydrogen-bond donors (Lipinski definition) is 2. The Kier molecular flexibility index (Phi) is 8.33. The molecule has 0 saturated carbocycles. The largest absolute Gasteiger partial charge is 0.493 e. The highest BCUT2D eigenvalue weighted by Crippen LogP contribution is 2.29. The number of nitrogens with zero attached hydrogens (tertiary/aromatic N) is 1. The maximum atomic E-state index is 6.21. The van der Waals surface area contributed by atoms with E-state index in [2.05, 4.69) is 28.8 Å². The zero-order chi connectivity index (χ0) is 23.1. The van der Waals surface area contributed by atoms with Gasteiger partial charge in [0.1, 0.15) is 6.61 Å². The minimum atomic E-state index is 0.291. The van der Waals surface area contributed by atoms with Crippen LogP contribution in [0.5, 0.6) is 11.5 Å². The fourth-order valence-electron chi connectivity index (χ4n) is 2.95. The van der Waals surface area contributed by atoms with Gasteiger partial charge in [-0.1, -0.05) is 47.0 Å². The highest BCUT2D eigenvalue weighted by atomic mass is 35.5. The van der Waals surface area contributed by atoms with E-state index in [4.69, 9.17) is 44.9 Å². The van der Waals surface area contributed by atoms with Crippen LogP contribution < -0.4 is 20.2 Å². The Morgan fingerprint density at radius 1 is 1.03 bits per heavy atom. The smallest absolute Gasteiger partial charge is 0.191 e. The predicted molar refractivity (Wildman–Crippen MR) is 137 cm³/mol. The first-order chi connectivity index (χ1) is 15.4. The van der Waals surface area contributed by atoms with Gasteiger partial charge in [-0.05, 0) is 73.6 Å². The Morgan fingerprint density at radius 3 is 2.56 bits per heavy atom. The number of nitrogens with one attached hydrogen (secondary N) is 2. The minimum Gasteiger partial charge on any atom is -0.493 e. The SMILES string of the molecule is COc1cc(C=NNC(=S)Nc2ccc(C)cc2C)ccc1OCc1ccc(Cl)cc1Cl. The molecule has 3 aromatic carbocycles. The Hall–Kier alpha value is -2.80. The van der Waals surface area contributed by atoms with Gasteiger partial charge in [0.15, 0.2) is 16.6 Å². The number of thiocarbonyl (C=S) groups is 1. The summed E-state index contributed by atoms with van der Waals surface area (Å²) in [6.07, 6.45) is 1.65. The molecule has 0 spiro atoms. The maximum absolute atomic E-state index is 6.21.